The molecule has 0 atom stereocenters. The molecule has 100 valence electrons. The maximum Gasteiger partial charge on any atom is 0.0528 e. The van der Waals surface area contributed by atoms with Crippen LogP contribution in [0, 0.1) is 0 Å². The average Bonchev–Trinajstić information content (AvgIpc) is 2.38. The zero-order valence-electron chi connectivity index (χ0n) is 11.2. The number of aliphatic hydroxyl groups is 1. The van der Waals surface area contributed by atoms with Crippen molar-refractivity contribution in [3.8, 4) is 0 Å². The monoisotopic (exact) mass is 267 g/mol. The first-order chi connectivity index (χ1) is 8.57. The van der Waals surface area contributed by atoms with E-state index < -0.39 is 0 Å². The van der Waals surface area contributed by atoms with E-state index in [1.807, 2.05) is 18.2 Å². The molecule has 1 aliphatic rings. The fourth-order valence-corrected chi connectivity index (χ4v) is 3.02. The van der Waals surface area contributed by atoms with Gasteiger partial charge in [0.25, 0.3) is 0 Å². The molecule has 0 aromatic heterocycles. The van der Waals surface area contributed by atoms with Crippen LogP contribution in [0.4, 0.5) is 0 Å². The lowest BCUT2D eigenvalue weighted by molar-refractivity contribution is 0.0849. The molecule has 18 heavy (non-hydrogen) atoms. The van der Waals surface area contributed by atoms with Crippen LogP contribution in [0.2, 0.25) is 5.02 Å². The number of likely N-dealkylation sites (tertiary alicyclic amines) is 1. The summed E-state index contributed by atoms with van der Waals surface area (Å²) in [6.45, 7) is 6.76. The molecule has 1 heterocycles. The van der Waals surface area contributed by atoms with Crippen LogP contribution >= 0.6 is 11.6 Å². The van der Waals surface area contributed by atoms with Crippen molar-refractivity contribution in [1.29, 1.82) is 0 Å². The lowest BCUT2D eigenvalue weighted by Gasteiger charge is -2.42. The molecule has 3 heteroatoms. The highest BCUT2D eigenvalue weighted by atomic mass is 35.5. The molecule has 1 aliphatic heterocycles. The molecule has 2 rings (SSSR count). The van der Waals surface area contributed by atoms with E-state index in [9.17, 15) is 5.11 Å². The smallest absolute Gasteiger partial charge is 0.0528 e. The molecule has 0 radical (unpaired) electrons. The van der Waals surface area contributed by atoms with Gasteiger partial charge in [-0.3, -0.25) is 0 Å². The summed E-state index contributed by atoms with van der Waals surface area (Å²) in [6.07, 6.45) is 2.00. The van der Waals surface area contributed by atoms with Crippen LogP contribution in [-0.2, 0) is 5.41 Å². The van der Waals surface area contributed by atoms with E-state index in [0.717, 1.165) is 31.0 Å². The Balaban J connectivity index is 2.18. The quantitative estimate of drug-likeness (QED) is 0.910. The van der Waals surface area contributed by atoms with Gasteiger partial charge in [-0.15, -0.1) is 0 Å². The third-order valence-corrected chi connectivity index (χ3v) is 4.46. The number of hydrogen-bond acceptors (Lipinski definition) is 2. The highest BCUT2D eigenvalue weighted by Gasteiger charge is 2.36. The van der Waals surface area contributed by atoms with Crippen molar-refractivity contribution in [3.05, 3.63) is 34.9 Å². The van der Waals surface area contributed by atoms with Gasteiger partial charge in [0.1, 0.15) is 0 Å². The predicted octanol–water partition coefficient (Wildman–Crippen LogP) is 3.07. The number of rotatable bonds is 3. The van der Waals surface area contributed by atoms with E-state index >= 15 is 0 Å². The lowest BCUT2D eigenvalue weighted by atomic mass is 9.73. The minimum atomic E-state index is -0.101. The predicted molar refractivity (Wildman–Crippen MR) is 76.2 cm³/mol. The van der Waals surface area contributed by atoms with E-state index in [2.05, 4.69) is 24.8 Å². The number of piperidine rings is 1. The second-order valence-electron chi connectivity index (χ2n) is 5.58. The summed E-state index contributed by atoms with van der Waals surface area (Å²) < 4.78 is 0. The van der Waals surface area contributed by atoms with Crippen molar-refractivity contribution in [2.45, 2.75) is 38.1 Å². The van der Waals surface area contributed by atoms with Gasteiger partial charge >= 0.3 is 0 Å². The molecule has 1 aromatic carbocycles. The molecule has 0 saturated carbocycles. The van der Waals surface area contributed by atoms with E-state index in [1.54, 1.807) is 0 Å². The Hall–Kier alpha value is -0.570. The zero-order chi connectivity index (χ0) is 13.2. The number of benzene rings is 1. The molecule has 1 saturated heterocycles. The van der Waals surface area contributed by atoms with Crippen LogP contribution in [-0.4, -0.2) is 35.7 Å². The van der Waals surface area contributed by atoms with Gasteiger partial charge in [0.15, 0.2) is 0 Å². The van der Waals surface area contributed by atoms with Crippen molar-refractivity contribution in [3.63, 3.8) is 0 Å². The van der Waals surface area contributed by atoms with Gasteiger partial charge in [-0.1, -0.05) is 23.7 Å². The summed E-state index contributed by atoms with van der Waals surface area (Å²) in [4.78, 5) is 2.47. The number of nitrogens with zero attached hydrogens (tertiary/aromatic N) is 1. The zero-order valence-corrected chi connectivity index (χ0v) is 12.0. The molecule has 1 N–H and O–H groups in total. The first-order valence-corrected chi connectivity index (χ1v) is 7.06. The van der Waals surface area contributed by atoms with Crippen LogP contribution in [0.25, 0.3) is 0 Å². The van der Waals surface area contributed by atoms with E-state index in [0.29, 0.717) is 6.04 Å². The second kappa shape index (κ2) is 5.60. The fourth-order valence-electron chi connectivity index (χ4n) is 2.82. The van der Waals surface area contributed by atoms with E-state index in [4.69, 9.17) is 11.6 Å². The summed E-state index contributed by atoms with van der Waals surface area (Å²) in [5.74, 6) is 0. The number of halogens is 1. The first-order valence-electron chi connectivity index (χ1n) is 6.68. The molecule has 0 bridgehead atoms. The van der Waals surface area contributed by atoms with Crippen LogP contribution < -0.4 is 0 Å². The summed E-state index contributed by atoms with van der Waals surface area (Å²) in [6, 6.07) is 8.54. The van der Waals surface area contributed by atoms with Gasteiger partial charge in [-0.25, -0.2) is 0 Å². The molecule has 2 nitrogen and oxygen atoms in total. The van der Waals surface area contributed by atoms with E-state index in [-0.39, 0.29) is 12.0 Å². The van der Waals surface area contributed by atoms with Gasteiger partial charge in [0.05, 0.1) is 6.61 Å². The normalized spacial score (nSPS) is 20.3. The molecular formula is C15H22ClNO. The standard InChI is InChI=1S/C15H22ClNO/c1-12(2)17-8-6-15(11-18,7-9-17)13-4-3-5-14(16)10-13/h3-5,10,12,18H,6-9,11H2,1-2H3. The van der Waals surface area contributed by atoms with Crippen molar-refractivity contribution in [2.75, 3.05) is 19.7 Å². The summed E-state index contributed by atoms with van der Waals surface area (Å²) in [5.41, 5.74) is 1.08. The number of aliphatic hydroxyl groups excluding tert-OH is 1. The Morgan fingerprint density at radius 3 is 2.50 bits per heavy atom. The van der Waals surface area contributed by atoms with Gasteiger partial charge in [-0.2, -0.15) is 0 Å². The first kappa shape index (κ1) is 13.9. The largest absolute Gasteiger partial charge is 0.395 e. The SMILES string of the molecule is CC(C)N1CCC(CO)(c2cccc(Cl)c2)CC1. The Kier molecular flexibility index (Phi) is 4.31. The molecule has 0 spiro atoms. The molecular weight excluding hydrogens is 246 g/mol. The third-order valence-electron chi connectivity index (χ3n) is 4.23. The highest BCUT2D eigenvalue weighted by molar-refractivity contribution is 6.30. The Labute approximate surface area is 115 Å². The number of hydrogen-bond donors (Lipinski definition) is 1. The third kappa shape index (κ3) is 2.71. The van der Waals surface area contributed by atoms with Crippen LogP contribution in [0.15, 0.2) is 24.3 Å². The van der Waals surface area contributed by atoms with Crippen molar-refractivity contribution >= 4 is 11.6 Å². The topological polar surface area (TPSA) is 23.5 Å². The maximum absolute atomic E-state index is 9.85. The van der Waals surface area contributed by atoms with Gasteiger partial charge in [-0.05, 0) is 57.5 Å². The maximum atomic E-state index is 9.85. The Bertz CT molecular complexity index is 397. The van der Waals surface area contributed by atoms with Crippen molar-refractivity contribution in [1.82, 2.24) is 4.90 Å². The molecule has 1 fully saturated rings. The molecule has 0 amide bonds. The summed E-state index contributed by atoms with van der Waals surface area (Å²) in [7, 11) is 0. The van der Waals surface area contributed by atoms with Gasteiger partial charge in [0, 0.05) is 16.5 Å². The highest BCUT2D eigenvalue weighted by Crippen LogP contribution is 2.36. The molecule has 1 aromatic rings. The lowest BCUT2D eigenvalue weighted by Crippen LogP contribution is -2.47. The summed E-state index contributed by atoms with van der Waals surface area (Å²) >= 11 is 6.07. The van der Waals surface area contributed by atoms with Crippen LogP contribution in [0.1, 0.15) is 32.3 Å². The van der Waals surface area contributed by atoms with Crippen LogP contribution in [0.5, 0.6) is 0 Å². The Morgan fingerprint density at radius 2 is 2.00 bits per heavy atom. The van der Waals surface area contributed by atoms with Crippen LogP contribution in [0.3, 0.4) is 0 Å². The minimum Gasteiger partial charge on any atom is -0.395 e. The van der Waals surface area contributed by atoms with E-state index in [1.165, 1.54) is 5.56 Å². The fraction of sp³-hybridized carbons (Fsp3) is 0.600. The van der Waals surface area contributed by atoms with Gasteiger partial charge in [0.2, 0.25) is 0 Å². The minimum absolute atomic E-state index is 0.101. The van der Waals surface area contributed by atoms with Gasteiger partial charge < -0.3 is 10.0 Å². The molecule has 0 unspecified atom stereocenters. The average molecular weight is 268 g/mol. The second-order valence-corrected chi connectivity index (χ2v) is 6.01. The summed E-state index contributed by atoms with van der Waals surface area (Å²) in [5, 5.41) is 10.6. The van der Waals surface area contributed by atoms with Crippen molar-refractivity contribution < 1.29 is 5.11 Å². The van der Waals surface area contributed by atoms with Crippen molar-refractivity contribution in [2.24, 2.45) is 0 Å². The Morgan fingerprint density at radius 1 is 1.33 bits per heavy atom. The molecule has 0 aliphatic carbocycles.